The molecule has 106 valence electrons. The molecule has 0 saturated carbocycles. The molecule has 21 heavy (non-hydrogen) atoms. The minimum absolute atomic E-state index is 0.282. The molecule has 4 rings (SSSR count). The van der Waals surface area contributed by atoms with Gasteiger partial charge in [-0.25, -0.2) is 4.98 Å². The maximum absolute atomic E-state index is 9.61. The monoisotopic (exact) mass is 296 g/mol. The fourth-order valence-corrected chi connectivity index (χ4v) is 3.84. The Morgan fingerprint density at radius 2 is 1.90 bits per heavy atom. The summed E-state index contributed by atoms with van der Waals surface area (Å²) in [5.41, 5.74) is 3.30. The predicted molar refractivity (Wildman–Crippen MR) is 88.2 cm³/mol. The van der Waals surface area contributed by atoms with Crippen LogP contribution in [0.3, 0.4) is 0 Å². The number of rotatable bonds is 2. The summed E-state index contributed by atoms with van der Waals surface area (Å²) in [7, 11) is 0. The minimum atomic E-state index is 0.282. The SMILES string of the molecule is Oc1cccc(-c2nc3ccc(N4CCCC4)cc3s2)c1. The number of benzene rings is 2. The third-order valence-corrected chi connectivity index (χ3v) is 5.00. The highest BCUT2D eigenvalue weighted by atomic mass is 32.1. The number of nitrogens with zero attached hydrogens (tertiary/aromatic N) is 2. The van der Waals surface area contributed by atoms with Gasteiger partial charge in [0.1, 0.15) is 10.8 Å². The summed E-state index contributed by atoms with van der Waals surface area (Å²) in [4.78, 5) is 7.12. The van der Waals surface area contributed by atoms with Crippen molar-refractivity contribution in [1.82, 2.24) is 4.98 Å². The highest BCUT2D eigenvalue weighted by Gasteiger charge is 2.14. The third kappa shape index (κ3) is 2.36. The van der Waals surface area contributed by atoms with Crippen LogP contribution in [-0.4, -0.2) is 23.2 Å². The molecule has 0 spiro atoms. The molecule has 4 heteroatoms. The first-order valence-electron chi connectivity index (χ1n) is 7.24. The van der Waals surface area contributed by atoms with E-state index in [1.807, 2.05) is 12.1 Å². The predicted octanol–water partition coefficient (Wildman–Crippen LogP) is 4.27. The molecule has 1 aliphatic rings. The molecule has 3 aromatic rings. The lowest BCUT2D eigenvalue weighted by molar-refractivity contribution is 0.475. The van der Waals surface area contributed by atoms with E-state index in [-0.39, 0.29) is 5.75 Å². The molecule has 2 heterocycles. The summed E-state index contributed by atoms with van der Waals surface area (Å²) in [6.07, 6.45) is 2.57. The van der Waals surface area contributed by atoms with Crippen LogP contribution in [-0.2, 0) is 0 Å². The number of aromatic hydroxyl groups is 1. The Bertz CT molecular complexity index is 790. The van der Waals surface area contributed by atoms with Crippen molar-refractivity contribution < 1.29 is 5.11 Å². The average molecular weight is 296 g/mol. The van der Waals surface area contributed by atoms with Crippen LogP contribution in [0.15, 0.2) is 42.5 Å². The smallest absolute Gasteiger partial charge is 0.124 e. The first kappa shape index (κ1) is 12.7. The molecule has 0 radical (unpaired) electrons. The Labute approximate surface area is 127 Å². The van der Waals surface area contributed by atoms with Gasteiger partial charge >= 0.3 is 0 Å². The fraction of sp³-hybridized carbons (Fsp3) is 0.235. The van der Waals surface area contributed by atoms with Crippen molar-refractivity contribution in [3.8, 4) is 16.3 Å². The molecule has 1 aromatic heterocycles. The third-order valence-electron chi connectivity index (χ3n) is 3.94. The van der Waals surface area contributed by atoms with E-state index >= 15 is 0 Å². The van der Waals surface area contributed by atoms with Gasteiger partial charge in [0.15, 0.2) is 0 Å². The van der Waals surface area contributed by atoms with Crippen LogP contribution >= 0.6 is 11.3 Å². The van der Waals surface area contributed by atoms with Crippen molar-refractivity contribution >= 4 is 27.2 Å². The molecule has 0 amide bonds. The highest BCUT2D eigenvalue weighted by Crippen LogP contribution is 2.34. The van der Waals surface area contributed by atoms with Gasteiger partial charge in [0.05, 0.1) is 10.2 Å². The van der Waals surface area contributed by atoms with E-state index in [4.69, 9.17) is 0 Å². The van der Waals surface area contributed by atoms with E-state index in [1.54, 1.807) is 23.5 Å². The van der Waals surface area contributed by atoms with E-state index in [0.29, 0.717) is 0 Å². The van der Waals surface area contributed by atoms with Gasteiger partial charge < -0.3 is 10.0 Å². The van der Waals surface area contributed by atoms with Gasteiger partial charge in [0.2, 0.25) is 0 Å². The van der Waals surface area contributed by atoms with Crippen LogP contribution in [0.25, 0.3) is 20.8 Å². The van der Waals surface area contributed by atoms with Gasteiger partial charge in [-0.15, -0.1) is 11.3 Å². The normalized spacial score (nSPS) is 15.0. The summed E-state index contributed by atoms with van der Waals surface area (Å²) in [5, 5.41) is 10.6. The maximum Gasteiger partial charge on any atom is 0.124 e. The standard InChI is InChI=1S/C17H16N2OS/c20-14-5-3-4-12(10-14)17-18-15-7-6-13(11-16(15)21-17)19-8-1-2-9-19/h3-7,10-11,20H,1-2,8-9H2. The topological polar surface area (TPSA) is 36.4 Å². The molecule has 0 aliphatic carbocycles. The Hall–Kier alpha value is -2.07. The Morgan fingerprint density at radius 3 is 2.71 bits per heavy atom. The summed E-state index contributed by atoms with van der Waals surface area (Å²) >= 11 is 1.68. The zero-order chi connectivity index (χ0) is 14.2. The molecule has 3 nitrogen and oxygen atoms in total. The Balaban J connectivity index is 1.75. The van der Waals surface area contributed by atoms with Gasteiger partial charge in [-0.1, -0.05) is 12.1 Å². The van der Waals surface area contributed by atoms with Crippen LogP contribution in [0.2, 0.25) is 0 Å². The van der Waals surface area contributed by atoms with Crippen molar-refractivity contribution in [2.24, 2.45) is 0 Å². The number of aromatic nitrogens is 1. The van der Waals surface area contributed by atoms with Gasteiger partial charge in [0.25, 0.3) is 0 Å². The number of phenolic OH excluding ortho intramolecular Hbond substituents is 1. The van der Waals surface area contributed by atoms with Gasteiger partial charge in [-0.3, -0.25) is 0 Å². The van der Waals surface area contributed by atoms with E-state index in [2.05, 4.69) is 28.1 Å². The number of hydrogen-bond donors (Lipinski definition) is 1. The number of fused-ring (bicyclic) bond motifs is 1. The number of hydrogen-bond acceptors (Lipinski definition) is 4. The molecular weight excluding hydrogens is 280 g/mol. The summed E-state index contributed by atoms with van der Waals surface area (Å²) in [5.74, 6) is 0.282. The van der Waals surface area contributed by atoms with Crippen LogP contribution in [0.5, 0.6) is 5.75 Å². The van der Waals surface area contributed by atoms with Crippen LogP contribution in [0, 0.1) is 0 Å². The van der Waals surface area contributed by atoms with Crippen molar-refractivity contribution in [2.75, 3.05) is 18.0 Å². The molecule has 1 aliphatic heterocycles. The van der Waals surface area contributed by atoms with Crippen LogP contribution in [0.1, 0.15) is 12.8 Å². The summed E-state index contributed by atoms with van der Waals surface area (Å²) < 4.78 is 1.21. The minimum Gasteiger partial charge on any atom is -0.508 e. The molecule has 1 saturated heterocycles. The lowest BCUT2D eigenvalue weighted by Crippen LogP contribution is -2.17. The van der Waals surface area contributed by atoms with Crippen molar-refractivity contribution in [3.05, 3.63) is 42.5 Å². The Morgan fingerprint density at radius 1 is 1.05 bits per heavy atom. The fourth-order valence-electron chi connectivity index (χ4n) is 2.85. The van der Waals surface area contributed by atoms with Gasteiger partial charge in [-0.2, -0.15) is 0 Å². The maximum atomic E-state index is 9.61. The van der Waals surface area contributed by atoms with Crippen molar-refractivity contribution in [1.29, 1.82) is 0 Å². The lowest BCUT2D eigenvalue weighted by atomic mass is 10.2. The largest absolute Gasteiger partial charge is 0.508 e. The molecule has 1 N–H and O–H groups in total. The van der Waals surface area contributed by atoms with Gasteiger partial charge in [0, 0.05) is 24.3 Å². The van der Waals surface area contributed by atoms with E-state index in [9.17, 15) is 5.11 Å². The highest BCUT2D eigenvalue weighted by molar-refractivity contribution is 7.21. The second kappa shape index (κ2) is 5.04. The molecular formula is C17H16N2OS. The van der Waals surface area contributed by atoms with Crippen molar-refractivity contribution in [2.45, 2.75) is 12.8 Å². The Kier molecular flexibility index (Phi) is 3.04. The molecule has 0 unspecified atom stereocenters. The van der Waals surface area contributed by atoms with Crippen LogP contribution < -0.4 is 4.90 Å². The average Bonchev–Trinajstić information content (AvgIpc) is 3.16. The zero-order valence-corrected chi connectivity index (χ0v) is 12.4. The first-order valence-corrected chi connectivity index (χ1v) is 8.06. The lowest BCUT2D eigenvalue weighted by Gasteiger charge is -2.16. The number of anilines is 1. The van der Waals surface area contributed by atoms with Crippen LogP contribution in [0.4, 0.5) is 5.69 Å². The second-order valence-corrected chi connectivity index (χ2v) is 6.45. The van der Waals surface area contributed by atoms with Gasteiger partial charge in [-0.05, 0) is 43.2 Å². The quantitative estimate of drug-likeness (QED) is 0.767. The molecule has 2 aromatic carbocycles. The van der Waals surface area contributed by atoms with E-state index in [1.165, 1.54) is 23.2 Å². The van der Waals surface area contributed by atoms with Crippen molar-refractivity contribution in [3.63, 3.8) is 0 Å². The second-order valence-electron chi connectivity index (χ2n) is 5.42. The molecule has 0 atom stereocenters. The summed E-state index contributed by atoms with van der Waals surface area (Å²) in [6.45, 7) is 2.31. The number of phenols is 1. The van der Waals surface area contributed by atoms with E-state index in [0.717, 1.165) is 29.2 Å². The summed E-state index contributed by atoms with van der Waals surface area (Å²) in [6, 6.07) is 13.8. The zero-order valence-electron chi connectivity index (χ0n) is 11.6. The number of thiazole rings is 1. The first-order chi connectivity index (χ1) is 10.3. The molecule has 1 fully saturated rings. The van der Waals surface area contributed by atoms with E-state index < -0.39 is 0 Å². The molecule has 0 bridgehead atoms.